The molecule has 0 radical (unpaired) electrons. The molecule has 0 saturated carbocycles. The summed E-state index contributed by atoms with van der Waals surface area (Å²) in [6, 6.07) is 13.3. The van der Waals surface area contributed by atoms with Crippen LogP contribution in [-0.2, 0) is 6.54 Å². The van der Waals surface area contributed by atoms with E-state index < -0.39 is 11.7 Å². The Kier molecular flexibility index (Phi) is 3.42. The van der Waals surface area contributed by atoms with Gasteiger partial charge in [0.1, 0.15) is 11.5 Å². The highest BCUT2D eigenvalue weighted by molar-refractivity contribution is 5.80. The SMILES string of the molecule is O=C(NCc1ccco1)n1oc(=O)cc1-c1ccccc1. The molecule has 6 heteroatoms. The van der Waals surface area contributed by atoms with Gasteiger partial charge < -0.3 is 14.3 Å². The summed E-state index contributed by atoms with van der Waals surface area (Å²) < 4.78 is 11.0. The van der Waals surface area contributed by atoms with E-state index in [4.69, 9.17) is 8.94 Å². The lowest BCUT2D eigenvalue weighted by Gasteiger charge is -2.06. The lowest BCUT2D eigenvalue weighted by atomic mass is 10.1. The fraction of sp³-hybridized carbons (Fsp3) is 0.0667. The number of hydrogen-bond donors (Lipinski definition) is 1. The average molecular weight is 284 g/mol. The molecule has 0 aliphatic rings. The molecule has 1 amide bonds. The van der Waals surface area contributed by atoms with Crippen LogP contribution in [0.15, 0.2) is 68.5 Å². The molecule has 0 spiro atoms. The average Bonchev–Trinajstić information content (AvgIpc) is 3.15. The van der Waals surface area contributed by atoms with Crippen molar-refractivity contribution in [3.63, 3.8) is 0 Å². The van der Waals surface area contributed by atoms with E-state index in [0.29, 0.717) is 11.5 Å². The predicted molar refractivity (Wildman–Crippen MR) is 74.7 cm³/mol. The number of hydrogen-bond acceptors (Lipinski definition) is 4. The van der Waals surface area contributed by atoms with Gasteiger partial charge in [-0.1, -0.05) is 30.3 Å². The third-order valence-electron chi connectivity index (χ3n) is 2.90. The van der Waals surface area contributed by atoms with Crippen molar-refractivity contribution in [2.75, 3.05) is 0 Å². The van der Waals surface area contributed by atoms with Crippen LogP contribution in [0.2, 0.25) is 0 Å². The summed E-state index contributed by atoms with van der Waals surface area (Å²) in [5.74, 6) is 0.610. The number of nitrogens with zero attached hydrogens (tertiary/aromatic N) is 1. The minimum atomic E-state index is -0.581. The van der Waals surface area contributed by atoms with Crippen molar-refractivity contribution in [1.82, 2.24) is 10.1 Å². The Balaban J connectivity index is 1.85. The smallest absolute Gasteiger partial charge is 0.358 e. The molecule has 6 nitrogen and oxygen atoms in total. The van der Waals surface area contributed by atoms with Crippen LogP contribution in [0.3, 0.4) is 0 Å². The first-order valence-corrected chi connectivity index (χ1v) is 6.33. The fourth-order valence-corrected chi connectivity index (χ4v) is 1.94. The van der Waals surface area contributed by atoms with Crippen LogP contribution in [-0.4, -0.2) is 10.8 Å². The van der Waals surface area contributed by atoms with Crippen LogP contribution in [0.25, 0.3) is 11.3 Å². The number of carbonyl (C=O) groups is 1. The van der Waals surface area contributed by atoms with E-state index in [9.17, 15) is 9.59 Å². The molecule has 2 aromatic heterocycles. The van der Waals surface area contributed by atoms with Gasteiger partial charge in [-0.05, 0) is 12.1 Å². The normalized spacial score (nSPS) is 10.5. The maximum Gasteiger partial charge on any atom is 0.358 e. The molecule has 21 heavy (non-hydrogen) atoms. The molecule has 0 unspecified atom stereocenters. The van der Waals surface area contributed by atoms with Gasteiger partial charge >= 0.3 is 11.7 Å². The second kappa shape index (κ2) is 5.54. The van der Waals surface area contributed by atoms with E-state index in [0.717, 1.165) is 10.3 Å². The largest absolute Gasteiger partial charge is 0.467 e. The van der Waals surface area contributed by atoms with Gasteiger partial charge in [-0.25, -0.2) is 9.59 Å². The topological polar surface area (TPSA) is 77.4 Å². The van der Waals surface area contributed by atoms with Crippen molar-refractivity contribution in [2.45, 2.75) is 6.54 Å². The number of amides is 1. The highest BCUT2D eigenvalue weighted by atomic mass is 16.5. The van der Waals surface area contributed by atoms with Crippen molar-refractivity contribution in [1.29, 1.82) is 0 Å². The Hall–Kier alpha value is -3.02. The summed E-state index contributed by atoms with van der Waals surface area (Å²) in [6.07, 6.45) is 1.52. The van der Waals surface area contributed by atoms with Gasteiger partial charge in [0.15, 0.2) is 0 Å². The first-order chi connectivity index (χ1) is 10.2. The molecule has 3 rings (SSSR count). The molecule has 0 atom stereocenters. The predicted octanol–water partition coefficient (Wildman–Crippen LogP) is 2.46. The summed E-state index contributed by atoms with van der Waals surface area (Å²) in [6.45, 7) is 0.210. The zero-order valence-electron chi connectivity index (χ0n) is 11.0. The van der Waals surface area contributed by atoms with Crippen molar-refractivity contribution in [3.8, 4) is 11.3 Å². The van der Waals surface area contributed by atoms with E-state index >= 15 is 0 Å². The standard InChI is InChI=1S/C15H12N2O4/c18-14-9-13(11-5-2-1-3-6-11)17(21-14)15(19)16-10-12-7-4-8-20-12/h1-9H,10H2,(H,16,19). The number of aromatic nitrogens is 1. The Morgan fingerprint density at radius 1 is 1.14 bits per heavy atom. The van der Waals surface area contributed by atoms with E-state index in [-0.39, 0.29) is 6.54 Å². The summed E-state index contributed by atoms with van der Waals surface area (Å²) in [4.78, 5) is 23.6. The molecule has 0 fully saturated rings. The van der Waals surface area contributed by atoms with E-state index in [1.807, 2.05) is 18.2 Å². The summed E-state index contributed by atoms with van der Waals surface area (Å²) >= 11 is 0. The van der Waals surface area contributed by atoms with Crippen molar-refractivity contribution in [3.05, 3.63) is 71.0 Å². The second-order valence-electron chi connectivity index (χ2n) is 4.34. The zero-order valence-corrected chi connectivity index (χ0v) is 11.0. The Morgan fingerprint density at radius 3 is 2.67 bits per heavy atom. The number of carbonyl (C=O) groups excluding carboxylic acids is 1. The van der Waals surface area contributed by atoms with Gasteiger partial charge in [0, 0.05) is 5.56 Å². The maximum absolute atomic E-state index is 12.1. The molecule has 3 aromatic rings. The molecule has 2 heterocycles. The van der Waals surface area contributed by atoms with Crippen LogP contribution < -0.4 is 10.9 Å². The van der Waals surface area contributed by atoms with Gasteiger partial charge in [0.2, 0.25) is 0 Å². The van der Waals surface area contributed by atoms with Crippen LogP contribution in [0, 0.1) is 0 Å². The minimum absolute atomic E-state index is 0.210. The molecule has 0 aliphatic carbocycles. The lowest BCUT2D eigenvalue weighted by Crippen LogP contribution is -2.28. The third-order valence-corrected chi connectivity index (χ3v) is 2.90. The second-order valence-corrected chi connectivity index (χ2v) is 4.34. The summed E-state index contributed by atoms with van der Waals surface area (Å²) in [7, 11) is 0. The molecule has 0 aliphatic heterocycles. The fourth-order valence-electron chi connectivity index (χ4n) is 1.94. The molecule has 1 aromatic carbocycles. The van der Waals surface area contributed by atoms with Crippen molar-refractivity contribution >= 4 is 6.03 Å². The molecular formula is C15H12N2O4. The summed E-state index contributed by atoms with van der Waals surface area (Å²) in [5.41, 5.74) is 0.538. The van der Waals surface area contributed by atoms with E-state index in [1.54, 1.807) is 24.3 Å². The van der Waals surface area contributed by atoms with Gasteiger partial charge in [-0.2, -0.15) is 0 Å². The quantitative estimate of drug-likeness (QED) is 0.801. The number of rotatable bonds is 3. The monoisotopic (exact) mass is 284 g/mol. The van der Waals surface area contributed by atoms with Crippen LogP contribution in [0.5, 0.6) is 0 Å². The highest BCUT2D eigenvalue weighted by Gasteiger charge is 2.15. The molecule has 0 bridgehead atoms. The minimum Gasteiger partial charge on any atom is -0.467 e. The molecule has 1 N–H and O–H groups in total. The number of benzene rings is 1. The first-order valence-electron chi connectivity index (χ1n) is 6.33. The highest BCUT2D eigenvalue weighted by Crippen LogP contribution is 2.17. The van der Waals surface area contributed by atoms with Crippen molar-refractivity contribution < 1.29 is 13.7 Å². The Bertz CT molecular complexity index is 785. The third kappa shape index (κ3) is 2.79. The van der Waals surface area contributed by atoms with Gasteiger partial charge in [-0.3, -0.25) is 0 Å². The van der Waals surface area contributed by atoms with Gasteiger partial charge in [-0.15, -0.1) is 4.74 Å². The van der Waals surface area contributed by atoms with Crippen LogP contribution in [0.1, 0.15) is 5.76 Å². The van der Waals surface area contributed by atoms with Gasteiger partial charge in [0.25, 0.3) is 0 Å². The van der Waals surface area contributed by atoms with Crippen LogP contribution in [0.4, 0.5) is 4.79 Å². The molecule has 0 saturated heterocycles. The van der Waals surface area contributed by atoms with Crippen molar-refractivity contribution in [2.24, 2.45) is 0 Å². The lowest BCUT2D eigenvalue weighted by molar-refractivity contribution is 0.207. The Morgan fingerprint density at radius 2 is 1.95 bits per heavy atom. The molecular weight excluding hydrogens is 272 g/mol. The Labute approximate surface area is 119 Å². The summed E-state index contributed by atoms with van der Waals surface area (Å²) in [5, 5.41) is 2.62. The molecule has 106 valence electrons. The first kappa shape index (κ1) is 13.0. The maximum atomic E-state index is 12.1. The van der Waals surface area contributed by atoms with E-state index in [1.165, 1.54) is 12.3 Å². The number of nitrogens with one attached hydrogen (secondary N) is 1. The number of furan rings is 1. The zero-order chi connectivity index (χ0) is 14.7. The van der Waals surface area contributed by atoms with Gasteiger partial charge in [0.05, 0.1) is 18.9 Å². The van der Waals surface area contributed by atoms with E-state index in [2.05, 4.69) is 5.32 Å². The van der Waals surface area contributed by atoms with Crippen LogP contribution >= 0.6 is 0 Å².